The molecule has 0 aliphatic rings. The van der Waals surface area contributed by atoms with Crippen LogP contribution in [0.1, 0.15) is 5.69 Å². The Morgan fingerprint density at radius 3 is 2.71 bits per heavy atom. The average molecular weight is 278 g/mol. The molecule has 0 unspecified atom stereocenters. The van der Waals surface area contributed by atoms with Crippen LogP contribution in [0.3, 0.4) is 0 Å². The fourth-order valence-electron chi connectivity index (χ4n) is 2.12. The van der Waals surface area contributed by atoms with Crippen molar-refractivity contribution in [1.82, 2.24) is 9.97 Å². The molecule has 6 nitrogen and oxygen atoms in total. The number of aromatic nitrogens is 2. The van der Waals surface area contributed by atoms with Crippen LogP contribution < -0.4 is 11.5 Å². The van der Waals surface area contributed by atoms with Crippen molar-refractivity contribution in [2.45, 2.75) is 0 Å². The van der Waals surface area contributed by atoms with Crippen molar-refractivity contribution in [3.05, 3.63) is 54.4 Å². The minimum Gasteiger partial charge on any atom is -0.369 e. The van der Waals surface area contributed by atoms with Crippen LogP contribution in [0, 0.1) is 0 Å². The predicted octanol–water partition coefficient (Wildman–Crippen LogP) is 1.84. The van der Waals surface area contributed by atoms with E-state index in [0.717, 1.165) is 27.9 Å². The van der Waals surface area contributed by atoms with Crippen molar-refractivity contribution in [3.63, 3.8) is 0 Å². The summed E-state index contributed by atoms with van der Waals surface area (Å²) in [5.74, 6) is -0.0750. The number of hydrogen-bond acceptors (Lipinski definition) is 3. The standard InChI is InChI=1S/C15H14N6/c16-15(17)21-19-9-12-8-11-6-7-18-13(14(11)20-12)10-4-2-1-3-5-10/h1-9,20H,(H4,16,17,21). The number of aromatic amines is 1. The van der Waals surface area contributed by atoms with Gasteiger partial charge in [0.2, 0.25) is 5.96 Å². The van der Waals surface area contributed by atoms with Crippen molar-refractivity contribution in [2.75, 3.05) is 0 Å². The lowest BCUT2D eigenvalue weighted by atomic mass is 10.1. The highest BCUT2D eigenvalue weighted by Gasteiger charge is 2.07. The molecule has 0 spiro atoms. The molecular formula is C15H14N6. The normalized spacial score (nSPS) is 11.0. The quantitative estimate of drug-likeness (QED) is 0.386. The molecule has 104 valence electrons. The van der Waals surface area contributed by atoms with Gasteiger partial charge in [-0.2, -0.15) is 5.10 Å². The van der Waals surface area contributed by atoms with E-state index in [2.05, 4.69) is 20.2 Å². The number of nitrogens with zero attached hydrogens (tertiary/aromatic N) is 3. The highest BCUT2D eigenvalue weighted by Crippen LogP contribution is 2.25. The Balaban J connectivity index is 2.06. The topological polar surface area (TPSA) is 105 Å². The van der Waals surface area contributed by atoms with Gasteiger partial charge in [-0.3, -0.25) is 4.98 Å². The Labute approximate surface area is 121 Å². The van der Waals surface area contributed by atoms with Gasteiger partial charge in [0.25, 0.3) is 0 Å². The van der Waals surface area contributed by atoms with Crippen LogP contribution in [0.25, 0.3) is 22.2 Å². The molecular weight excluding hydrogens is 264 g/mol. The summed E-state index contributed by atoms with van der Waals surface area (Å²) in [5.41, 5.74) is 14.2. The first-order valence-corrected chi connectivity index (χ1v) is 6.39. The number of nitrogens with one attached hydrogen (secondary N) is 1. The first kappa shape index (κ1) is 12.9. The smallest absolute Gasteiger partial charge is 0.211 e. The lowest BCUT2D eigenvalue weighted by Crippen LogP contribution is -2.21. The number of benzene rings is 1. The molecule has 5 N–H and O–H groups in total. The van der Waals surface area contributed by atoms with Crippen LogP contribution in [0.5, 0.6) is 0 Å². The van der Waals surface area contributed by atoms with Crippen LogP contribution in [0.15, 0.2) is 58.9 Å². The van der Waals surface area contributed by atoms with Gasteiger partial charge in [0.15, 0.2) is 0 Å². The number of nitrogens with two attached hydrogens (primary N) is 2. The molecule has 2 heterocycles. The molecule has 0 aliphatic heterocycles. The number of hydrogen-bond donors (Lipinski definition) is 3. The maximum Gasteiger partial charge on any atom is 0.211 e. The van der Waals surface area contributed by atoms with Gasteiger partial charge < -0.3 is 16.5 Å². The van der Waals surface area contributed by atoms with E-state index in [4.69, 9.17) is 11.5 Å². The van der Waals surface area contributed by atoms with E-state index in [0.29, 0.717) is 0 Å². The zero-order valence-electron chi connectivity index (χ0n) is 11.2. The largest absolute Gasteiger partial charge is 0.369 e. The molecule has 1 aromatic carbocycles. The fourth-order valence-corrected chi connectivity index (χ4v) is 2.12. The fraction of sp³-hybridized carbons (Fsp3) is 0. The number of pyridine rings is 1. The summed E-state index contributed by atoms with van der Waals surface area (Å²) < 4.78 is 0. The second kappa shape index (κ2) is 5.46. The van der Waals surface area contributed by atoms with Crippen LogP contribution in [0.4, 0.5) is 0 Å². The molecule has 6 heteroatoms. The summed E-state index contributed by atoms with van der Waals surface area (Å²) in [6, 6.07) is 13.9. The molecule has 2 aromatic heterocycles. The minimum atomic E-state index is -0.0750. The van der Waals surface area contributed by atoms with E-state index in [9.17, 15) is 0 Å². The van der Waals surface area contributed by atoms with E-state index in [1.807, 2.05) is 42.5 Å². The molecule has 0 saturated heterocycles. The van der Waals surface area contributed by atoms with Crippen molar-refractivity contribution in [2.24, 2.45) is 21.7 Å². The van der Waals surface area contributed by atoms with Gasteiger partial charge in [0.1, 0.15) is 0 Å². The van der Waals surface area contributed by atoms with Gasteiger partial charge in [-0.05, 0) is 12.1 Å². The molecule has 3 aromatic rings. The summed E-state index contributed by atoms with van der Waals surface area (Å²) in [6.45, 7) is 0. The number of rotatable bonds is 3. The Morgan fingerprint density at radius 1 is 1.14 bits per heavy atom. The molecule has 0 radical (unpaired) electrons. The molecule has 0 saturated carbocycles. The second-order valence-electron chi connectivity index (χ2n) is 4.48. The SMILES string of the molecule is NC(N)=NN=Cc1cc2ccnc(-c3ccccc3)c2[nH]1. The first-order chi connectivity index (χ1) is 10.2. The van der Waals surface area contributed by atoms with E-state index < -0.39 is 0 Å². The Bertz CT molecular complexity index is 813. The van der Waals surface area contributed by atoms with Crippen molar-refractivity contribution >= 4 is 23.1 Å². The Morgan fingerprint density at radius 2 is 1.95 bits per heavy atom. The molecule has 21 heavy (non-hydrogen) atoms. The van der Waals surface area contributed by atoms with Gasteiger partial charge >= 0.3 is 0 Å². The number of guanidine groups is 1. The molecule has 0 bridgehead atoms. The van der Waals surface area contributed by atoms with Gasteiger partial charge in [-0.15, -0.1) is 5.10 Å². The van der Waals surface area contributed by atoms with E-state index in [1.165, 1.54) is 0 Å². The molecule has 0 amide bonds. The lowest BCUT2D eigenvalue weighted by molar-refractivity contribution is 1.21. The third-order valence-corrected chi connectivity index (χ3v) is 2.98. The first-order valence-electron chi connectivity index (χ1n) is 6.39. The van der Waals surface area contributed by atoms with Gasteiger partial charge in [-0.1, -0.05) is 30.3 Å². The van der Waals surface area contributed by atoms with E-state index >= 15 is 0 Å². The average Bonchev–Trinajstić information content (AvgIpc) is 2.90. The van der Waals surface area contributed by atoms with Crippen LogP contribution in [0.2, 0.25) is 0 Å². The van der Waals surface area contributed by atoms with Gasteiger partial charge in [0.05, 0.1) is 23.1 Å². The Kier molecular flexibility index (Phi) is 3.34. The van der Waals surface area contributed by atoms with Gasteiger partial charge in [-0.25, -0.2) is 0 Å². The van der Waals surface area contributed by atoms with Crippen molar-refractivity contribution in [1.29, 1.82) is 0 Å². The predicted molar refractivity (Wildman–Crippen MR) is 84.9 cm³/mol. The summed E-state index contributed by atoms with van der Waals surface area (Å²) in [5, 5.41) is 8.43. The maximum absolute atomic E-state index is 5.23. The van der Waals surface area contributed by atoms with Crippen LogP contribution in [-0.4, -0.2) is 22.1 Å². The Hall–Kier alpha value is -3.15. The summed E-state index contributed by atoms with van der Waals surface area (Å²) in [7, 11) is 0. The van der Waals surface area contributed by atoms with Crippen LogP contribution >= 0.6 is 0 Å². The van der Waals surface area contributed by atoms with E-state index in [-0.39, 0.29) is 5.96 Å². The summed E-state index contributed by atoms with van der Waals surface area (Å²) in [6.07, 6.45) is 3.35. The monoisotopic (exact) mass is 278 g/mol. The zero-order valence-corrected chi connectivity index (χ0v) is 11.2. The lowest BCUT2D eigenvalue weighted by Gasteiger charge is -2.01. The second-order valence-corrected chi connectivity index (χ2v) is 4.48. The number of H-pyrrole nitrogens is 1. The summed E-state index contributed by atoms with van der Waals surface area (Å²) in [4.78, 5) is 7.73. The minimum absolute atomic E-state index is 0.0750. The van der Waals surface area contributed by atoms with E-state index in [1.54, 1.807) is 12.4 Å². The number of fused-ring (bicyclic) bond motifs is 1. The summed E-state index contributed by atoms with van der Waals surface area (Å²) >= 11 is 0. The molecule has 0 aliphatic carbocycles. The molecule has 0 fully saturated rings. The molecule has 3 rings (SSSR count). The van der Waals surface area contributed by atoms with Gasteiger partial charge in [0, 0.05) is 17.1 Å². The molecule has 0 atom stereocenters. The maximum atomic E-state index is 5.23. The zero-order chi connectivity index (χ0) is 14.7. The van der Waals surface area contributed by atoms with Crippen molar-refractivity contribution in [3.8, 4) is 11.3 Å². The third kappa shape index (κ3) is 2.74. The third-order valence-electron chi connectivity index (χ3n) is 2.98. The highest BCUT2D eigenvalue weighted by atomic mass is 15.3. The van der Waals surface area contributed by atoms with Crippen molar-refractivity contribution < 1.29 is 0 Å². The van der Waals surface area contributed by atoms with Crippen LogP contribution in [-0.2, 0) is 0 Å². The highest BCUT2D eigenvalue weighted by molar-refractivity contribution is 5.96.